The maximum Gasteiger partial charge on any atom is 0.253 e. The van der Waals surface area contributed by atoms with Gasteiger partial charge in [0.1, 0.15) is 0 Å². The molecular formula is C22H46O8S4. The summed E-state index contributed by atoms with van der Waals surface area (Å²) in [6.45, 7) is 4.00. The molecule has 0 fully saturated rings. The Morgan fingerprint density at radius 1 is 0.294 bits per heavy atom. The van der Waals surface area contributed by atoms with E-state index >= 15 is 0 Å². The first kappa shape index (κ1) is 33.8. The number of unbranched alkanes of at least 4 members (excludes halogenated alkanes) is 13. The second-order valence-corrected chi connectivity index (χ2v) is 21.2. The van der Waals surface area contributed by atoms with Crippen LogP contribution >= 0.6 is 0 Å². The fourth-order valence-electron chi connectivity index (χ4n) is 3.54. The molecule has 0 aromatic heterocycles. The topological polar surface area (TPSA) is 137 Å². The van der Waals surface area contributed by atoms with Crippen molar-refractivity contribution < 1.29 is 33.7 Å². The lowest BCUT2D eigenvalue weighted by atomic mass is 10.1. The van der Waals surface area contributed by atoms with Crippen molar-refractivity contribution in [2.75, 3.05) is 23.0 Å². The molecule has 8 nitrogen and oxygen atoms in total. The minimum Gasteiger partial charge on any atom is -0.213 e. The predicted molar refractivity (Wildman–Crippen MR) is 140 cm³/mol. The second kappa shape index (κ2) is 17.3. The summed E-state index contributed by atoms with van der Waals surface area (Å²) >= 11 is 0. The van der Waals surface area contributed by atoms with Crippen molar-refractivity contribution in [2.45, 2.75) is 117 Å². The molecule has 0 saturated carbocycles. The first-order valence-corrected chi connectivity index (χ1v) is 20.4. The molecule has 34 heavy (non-hydrogen) atoms. The number of hydrogen-bond donors (Lipinski definition) is 0. The summed E-state index contributed by atoms with van der Waals surface area (Å²) in [5, 5.41) is 0. The van der Waals surface area contributed by atoms with Crippen molar-refractivity contribution in [2.24, 2.45) is 0 Å². The van der Waals surface area contributed by atoms with Gasteiger partial charge in [0.15, 0.2) is 0 Å². The van der Waals surface area contributed by atoms with Gasteiger partial charge in [-0.3, -0.25) is 0 Å². The van der Waals surface area contributed by atoms with Crippen LogP contribution in [0.1, 0.15) is 117 Å². The minimum atomic E-state index is -4.12. The highest BCUT2D eigenvalue weighted by Crippen LogP contribution is 2.16. The van der Waals surface area contributed by atoms with Crippen molar-refractivity contribution in [3.8, 4) is 0 Å². The highest BCUT2D eigenvalue weighted by Gasteiger charge is 2.29. The van der Waals surface area contributed by atoms with Gasteiger partial charge in [-0.25, -0.2) is 33.7 Å². The SMILES string of the molecule is CCCCCCS(=O)(=O)S(=O)(=O)CCCCCCCCCCS(=O)(=O)S(=O)(=O)CCCCCC. The monoisotopic (exact) mass is 566 g/mol. The molecule has 0 aliphatic heterocycles. The molecule has 0 rings (SSSR count). The van der Waals surface area contributed by atoms with Gasteiger partial charge in [0.05, 0.1) is 23.0 Å². The molecule has 0 radical (unpaired) electrons. The van der Waals surface area contributed by atoms with Crippen LogP contribution < -0.4 is 0 Å². The van der Waals surface area contributed by atoms with Gasteiger partial charge in [-0.15, -0.1) is 0 Å². The van der Waals surface area contributed by atoms with E-state index in [0.717, 1.165) is 51.4 Å². The summed E-state index contributed by atoms with van der Waals surface area (Å²) in [5.74, 6) is -1.28. The number of rotatable bonds is 23. The maximum atomic E-state index is 12.1. The van der Waals surface area contributed by atoms with Gasteiger partial charge in [-0.2, -0.15) is 0 Å². The van der Waals surface area contributed by atoms with Crippen LogP contribution in [0.4, 0.5) is 0 Å². The van der Waals surface area contributed by atoms with E-state index in [0.29, 0.717) is 51.4 Å². The lowest BCUT2D eigenvalue weighted by Gasteiger charge is -2.07. The zero-order valence-electron chi connectivity index (χ0n) is 21.0. The Morgan fingerprint density at radius 3 is 0.676 bits per heavy atom. The zero-order valence-corrected chi connectivity index (χ0v) is 24.3. The Balaban J connectivity index is 4.00. The largest absolute Gasteiger partial charge is 0.253 e. The molecule has 0 aliphatic rings. The molecule has 0 spiro atoms. The number of hydrogen-bond acceptors (Lipinski definition) is 8. The summed E-state index contributed by atoms with van der Waals surface area (Å²) in [4.78, 5) is 0. The van der Waals surface area contributed by atoms with E-state index in [-0.39, 0.29) is 23.0 Å². The van der Waals surface area contributed by atoms with E-state index in [4.69, 9.17) is 0 Å². The normalized spacial score (nSPS) is 13.4. The average molecular weight is 567 g/mol. The first-order valence-electron chi connectivity index (χ1n) is 12.7. The molecule has 0 heterocycles. The fourth-order valence-corrected chi connectivity index (χ4v) is 11.2. The van der Waals surface area contributed by atoms with Gasteiger partial charge in [0.2, 0.25) is 0 Å². The molecule has 0 amide bonds. The summed E-state index contributed by atoms with van der Waals surface area (Å²) in [6.07, 6.45) is 11.0. The minimum absolute atomic E-state index is 0.300. The third kappa shape index (κ3) is 13.8. The van der Waals surface area contributed by atoms with Crippen molar-refractivity contribution in [1.29, 1.82) is 0 Å². The van der Waals surface area contributed by atoms with E-state index in [2.05, 4.69) is 0 Å². The van der Waals surface area contributed by atoms with Crippen molar-refractivity contribution in [3.05, 3.63) is 0 Å². The third-order valence-corrected chi connectivity index (χ3v) is 17.2. The van der Waals surface area contributed by atoms with Gasteiger partial charge in [-0.1, -0.05) is 90.9 Å². The lowest BCUT2D eigenvalue weighted by Crippen LogP contribution is -2.22. The molecule has 0 N–H and O–H groups in total. The quantitative estimate of drug-likeness (QED) is 0.128. The zero-order chi connectivity index (χ0) is 26.1. The Kier molecular flexibility index (Phi) is 17.2. The van der Waals surface area contributed by atoms with Crippen LogP contribution in [0, 0.1) is 0 Å². The van der Waals surface area contributed by atoms with Crippen LogP contribution in [-0.2, 0) is 35.5 Å². The van der Waals surface area contributed by atoms with Crippen LogP contribution in [0.2, 0.25) is 0 Å². The van der Waals surface area contributed by atoms with E-state index in [1.807, 2.05) is 13.8 Å². The Hall–Kier alpha value is -0.200. The van der Waals surface area contributed by atoms with E-state index in [9.17, 15) is 33.7 Å². The fraction of sp³-hybridized carbons (Fsp3) is 1.00. The molecule has 0 unspecified atom stereocenters. The Labute approximate surface area is 208 Å². The van der Waals surface area contributed by atoms with E-state index in [1.54, 1.807) is 0 Å². The first-order chi connectivity index (χ1) is 15.8. The van der Waals surface area contributed by atoms with E-state index in [1.165, 1.54) is 0 Å². The molecule has 0 atom stereocenters. The van der Waals surface area contributed by atoms with Crippen molar-refractivity contribution in [1.82, 2.24) is 0 Å². The summed E-state index contributed by atoms with van der Waals surface area (Å²) in [5.41, 5.74) is 0. The van der Waals surface area contributed by atoms with Gasteiger partial charge < -0.3 is 0 Å². The lowest BCUT2D eigenvalue weighted by molar-refractivity contribution is 0.564. The second-order valence-electron chi connectivity index (χ2n) is 9.00. The Bertz CT molecular complexity index is 870. The van der Waals surface area contributed by atoms with E-state index < -0.39 is 35.5 Å². The molecule has 12 heteroatoms. The van der Waals surface area contributed by atoms with Crippen LogP contribution in [0.25, 0.3) is 0 Å². The van der Waals surface area contributed by atoms with Gasteiger partial charge in [0.25, 0.3) is 35.5 Å². The van der Waals surface area contributed by atoms with Gasteiger partial charge in [-0.05, 0) is 25.7 Å². The standard InChI is InChI=1S/C22H46O8S4/c1-3-5-7-15-19-31(23,24)33(27,28)21-17-13-11-9-10-12-14-18-22-34(29,30)32(25,26)20-16-8-6-4-2/h3-22H2,1-2H3. The molecule has 0 aromatic rings. The molecule has 0 bridgehead atoms. The highest BCUT2D eigenvalue weighted by molar-refractivity contribution is 8.67. The van der Waals surface area contributed by atoms with Crippen molar-refractivity contribution in [3.63, 3.8) is 0 Å². The van der Waals surface area contributed by atoms with Crippen LogP contribution in [0.5, 0.6) is 0 Å². The molecule has 206 valence electrons. The summed E-state index contributed by atoms with van der Waals surface area (Å²) < 4.78 is 96.4. The van der Waals surface area contributed by atoms with Crippen molar-refractivity contribution >= 4 is 35.5 Å². The molecule has 0 aliphatic carbocycles. The highest BCUT2D eigenvalue weighted by atomic mass is 33.2. The predicted octanol–water partition coefficient (Wildman–Crippen LogP) is 4.76. The summed E-state index contributed by atoms with van der Waals surface area (Å²) in [7, 11) is -16.4. The van der Waals surface area contributed by atoms with Gasteiger partial charge >= 0.3 is 0 Å². The van der Waals surface area contributed by atoms with Gasteiger partial charge in [0, 0.05) is 0 Å². The van der Waals surface area contributed by atoms with Crippen LogP contribution in [0.3, 0.4) is 0 Å². The Morgan fingerprint density at radius 2 is 0.471 bits per heavy atom. The molecule has 0 saturated heterocycles. The van der Waals surface area contributed by atoms with Crippen LogP contribution in [0.15, 0.2) is 0 Å². The maximum absolute atomic E-state index is 12.1. The third-order valence-electron chi connectivity index (χ3n) is 5.81. The molecular weight excluding hydrogens is 521 g/mol. The molecule has 0 aromatic carbocycles. The summed E-state index contributed by atoms with van der Waals surface area (Å²) in [6, 6.07) is 0. The average Bonchev–Trinajstić information content (AvgIpc) is 2.75. The smallest absolute Gasteiger partial charge is 0.213 e. The van der Waals surface area contributed by atoms with Crippen LogP contribution in [-0.4, -0.2) is 56.7 Å².